The Morgan fingerprint density at radius 1 is 1.15 bits per heavy atom. The highest BCUT2D eigenvalue weighted by atomic mass is 32.1. The van der Waals surface area contributed by atoms with Crippen molar-refractivity contribution in [2.45, 2.75) is 26.7 Å². The zero-order valence-corrected chi connectivity index (χ0v) is 8.95. The average molecular weight is 190 g/mol. The minimum atomic E-state index is 1.14. The van der Waals surface area contributed by atoms with E-state index in [1.165, 1.54) is 20.5 Å². The van der Waals surface area contributed by atoms with Crippen molar-refractivity contribution in [3.63, 3.8) is 0 Å². The summed E-state index contributed by atoms with van der Waals surface area (Å²) in [6.45, 7) is 4.44. The molecule has 0 unspecified atom stereocenters. The minimum Gasteiger partial charge on any atom is -0.140 e. The Labute approximate surface area is 83.2 Å². The topological polar surface area (TPSA) is 0 Å². The summed E-state index contributed by atoms with van der Waals surface area (Å²) in [6.07, 6.45) is 2.30. The van der Waals surface area contributed by atoms with Gasteiger partial charge < -0.3 is 0 Å². The fraction of sp³-hybridized carbons (Fsp3) is 0.333. The first kappa shape index (κ1) is 8.76. The number of rotatable bonds is 2. The number of aryl methyl sites for hydroxylation is 2. The van der Waals surface area contributed by atoms with Crippen LogP contribution in [-0.2, 0) is 12.8 Å². The highest BCUT2D eigenvalue weighted by molar-refractivity contribution is 7.19. The first-order chi connectivity index (χ1) is 6.35. The van der Waals surface area contributed by atoms with Gasteiger partial charge in [0.1, 0.15) is 0 Å². The summed E-state index contributed by atoms with van der Waals surface area (Å²) in [5.74, 6) is 0. The predicted octanol–water partition coefficient (Wildman–Crippen LogP) is 4.03. The second kappa shape index (κ2) is 3.51. The SMILES string of the molecule is CCc1cc2cccc(CC)c2s1. The van der Waals surface area contributed by atoms with Crippen molar-refractivity contribution in [3.8, 4) is 0 Å². The number of thiophene rings is 1. The van der Waals surface area contributed by atoms with Crippen LogP contribution in [0.3, 0.4) is 0 Å². The van der Waals surface area contributed by atoms with Crippen molar-refractivity contribution in [2.75, 3.05) is 0 Å². The van der Waals surface area contributed by atoms with Gasteiger partial charge in [0, 0.05) is 9.58 Å². The first-order valence-corrected chi connectivity index (χ1v) is 5.67. The predicted molar refractivity (Wildman–Crippen MR) is 60.6 cm³/mol. The molecule has 1 heteroatoms. The summed E-state index contributed by atoms with van der Waals surface area (Å²) < 4.78 is 1.49. The largest absolute Gasteiger partial charge is 0.140 e. The maximum absolute atomic E-state index is 2.32. The van der Waals surface area contributed by atoms with Gasteiger partial charge in [-0.1, -0.05) is 32.0 Å². The van der Waals surface area contributed by atoms with Gasteiger partial charge in [0.2, 0.25) is 0 Å². The van der Waals surface area contributed by atoms with Crippen molar-refractivity contribution in [2.24, 2.45) is 0 Å². The van der Waals surface area contributed by atoms with Crippen LogP contribution in [0, 0.1) is 0 Å². The van der Waals surface area contributed by atoms with Crippen molar-refractivity contribution in [1.82, 2.24) is 0 Å². The molecule has 0 fully saturated rings. The van der Waals surface area contributed by atoms with E-state index < -0.39 is 0 Å². The molecular formula is C12H14S. The second-order valence-electron chi connectivity index (χ2n) is 3.26. The molecule has 0 spiro atoms. The highest BCUT2D eigenvalue weighted by Crippen LogP contribution is 2.29. The number of hydrogen-bond acceptors (Lipinski definition) is 1. The van der Waals surface area contributed by atoms with E-state index in [4.69, 9.17) is 0 Å². The number of benzene rings is 1. The second-order valence-corrected chi connectivity index (χ2v) is 4.39. The van der Waals surface area contributed by atoms with Gasteiger partial charge in [-0.15, -0.1) is 11.3 Å². The molecule has 2 aromatic rings. The van der Waals surface area contributed by atoms with Crippen LogP contribution < -0.4 is 0 Å². The quantitative estimate of drug-likeness (QED) is 0.670. The van der Waals surface area contributed by atoms with Gasteiger partial charge in [0.25, 0.3) is 0 Å². The Morgan fingerprint density at radius 3 is 2.69 bits per heavy atom. The molecule has 13 heavy (non-hydrogen) atoms. The molecule has 0 saturated heterocycles. The summed E-state index contributed by atoms with van der Waals surface area (Å²) >= 11 is 1.95. The normalized spacial score (nSPS) is 10.9. The highest BCUT2D eigenvalue weighted by Gasteiger charge is 2.02. The molecule has 0 aliphatic rings. The van der Waals surface area contributed by atoms with Crippen molar-refractivity contribution < 1.29 is 0 Å². The van der Waals surface area contributed by atoms with Gasteiger partial charge in [-0.2, -0.15) is 0 Å². The van der Waals surface area contributed by atoms with Crippen LogP contribution in [-0.4, -0.2) is 0 Å². The Bertz CT molecular complexity index is 412. The van der Waals surface area contributed by atoms with Crippen LogP contribution in [0.1, 0.15) is 24.3 Å². The molecule has 1 heterocycles. The van der Waals surface area contributed by atoms with Crippen molar-refractivity contribution in [3.05, 3.63) is 34.7 Å². The first-order valence-electron chi connectivity index (χ1n) is 4.85. The molecule has 2 rings (SSSR count). The summed E-state index contributed by atoms with van der Waals surface area (Å²) in [7, 11) is 0. The Balaban J connectivity index is 2.67. The van der Waals surface area contributed by atoms with Crippen molar-refractivity contribution in [1.29, 1.82) is 0 Å². The third kappa shape index (κ3) is 1.49. The number of fused-ring (bicyclic) bond motifs is 1. The third-order valence-electron chi connectivity index (χ3n) is 2.41. The van der Waals surface area contributed by atoms with Crippen LogP contribution >= 0.6 is 11.3 Å². The van der Waals surface area contributed by atoms with Gasteiger partial charge in [-0.25, -0.2) is 0 Å². The van der Waals surface area contributed by atoms with E-state index in [0.29, 0.717) is 0 Å². The Hall–Kier alpha value is -0.820. The fourth-order valence-corrected chi connectivity index (χ4v) is 2.81. The zero-order valence-electron chi connectivity index (χ0n) is 8.13. The van der Waals surface area contributed by atoms with Crippen LogP contribution in [0.2, 0.25) is 0 Å². The van der Waals surface area contributed by atoms with Gasteiger partial charge in [0.15, 0.2) is 0 Å². The van der Waals surface area contributed by atoms with Crippen LogP contribution in [0.4, 0.5) is 0 Å². The molecule has 0 atom stereocenters. The van der Waals surface area contributed by atoms with E-state index in [-0.39, 0.29) is 0 Å². The average Bonchev–Trinajstić information content (AvgIpc) is 2.59. The smallest absolute Gasteiger partial charge is 0.0377 e. The molecule has 0 bridgehead atoms. The molecule has 0 aliphatic heterocycles. The lowest BCUT2D eigenvalue weighted by Gasteiger charge is -1.96. The molecule has 0 N–H and O–H groups in total. The number of hydrogen-bond donors (Lipinski definition) is 0. The van der Waals surface area contributed by atoms with Crippen LogP contribution in [0.5, 0.6) is 0 Å². The van der Waals surface area contributed by atoms with Gasteiger partial charge in [-0.3, -0.25) is 0 Å². The fourth-order valence-electron chi connectivity index (χ4n) is 1.63. The van der Waals surface area contributed by atoms with E-state index in [1.807, 2.05) is 11.3 Å². The molecule has 1 aromatic heterocycles. The van der Waals surface area contributed by atoms with Gasteiger partial charge in [-0.05, 0) is 29.9 Å². The van der Waals surface area contributed by atoms with E-state index in [0.717, 1.165) is 12.8 Å². The Morgan fingerprint density at radius 2 is 2.00 bits per heavy atom. The monoisotopic (exact) mass is 190 g/mol. The molecule has 0 radical (unpaired) electrons. The lowest BCUT2D eigenvalue weighted by Crippen LogP contribution is -1.77. The molecule has 0 saturated carbocycles. The lowest BCUT2D eigenvalue weighted by atomic mass is 10.1. The molecular weight excluding hydrogens is 176 g/mol. The molecule has 1 aromatic carbocycles. The molecule has 0 nitrogen and oxygen atoms in total. The van der Waals surface area contributed by atoms with E-state index in [9.17, 15) is 0 Å². The molecule has 0 aliphatic carbocycles. The minimum absolute atomic E-state index is 1.14. The maximum atomic E-state index is 2.32. The lowest BCUT2D eigenvalue weighted by molar-refractivity contribution is 1.16. The maximum Gasteiger partial charge on any atom is 0.0377 e. The molecule has 0 amide bonds. The van der Waals surface area contributed by atoms with Crippen LogP contribution in [0.25, 0.3) is 10.1 Å². The zero-order chi connectivity index (χ0) is 9.26. The van der Waals surface area contributed by atoms with Gasteiger partial charge >= 0.3 is 0 Å². The van der Waals surface area contributed by atoms with Crippen LogP contribution in [0.15, 0.2) is 24.3 Å². The van der Waals surface area contributed by atoms with E-state index in [2.05, 4.69) is 38.1 Å². The summed E-state index contributed by atoms with van der Waals surface area (Å²) in [6, 6.07) is 8.93. The van der Waals surface area contributed by atoms with Gasteiger partial charge in [0.05, 0.1) is 0 Å². The van der Waals surface area contributed by atoms with Crippen molar-refractivity contribution >= 4 is 21.4 Å². The molecule has 68 valence electrons. The van der Waals surface area contributed by atoms with E-state index >= 15 is 0 Å². The van der Waals surface area contributed by atoms with E-state index in [1.54, 1.807) is 0 Å². The Kier molecular flexibility index (Phi) is 2.36. The summed E-state index contributed by atoms with van der Waals surface area (Å²) in [5, 5.41) is 1.42. The summed E-state index contributed by atoms with van der Waals surface area (Å²) in [4.78, 5) is 1.50. The third-order valence-corrected chi connectivity index (χ3v) is 3.78. The summed E-state index contributed by atoms with van der Waals surface area (Å²) in [5.41, 5.74) is 1.49. The standard InChI is InChI=1S/C12H14S/c1-3-9-6-5-7-10-8-11(4-2)13-12(9)10/h5-8H,3-4H2,1-2H3.